The summed E-state index contributed by atoms with van der Waals surface area (Å²) in [7, 11) is 5.29. The summed E-state index contributed by atoms with van der Waals surface area (Å²) in [4.78, 5) is 40.5. The maximum absolute atomic E-state index is 14.1. The highest BCUT2D eigenvalue weighted by Gasteiger charge is 2.30. The molecule has 0 fully saturated rings. The molecule has 8 nitrogen and oxygen atoms in total. The Morgan fingerprint density at radius 1 is 1.06 bits per heavy atom. The number of methoxy groups -OCH3 is 1. The highest BCUT2D eigenvalue weighted by molar-refractivity contribution is 6.09. The summed E-state index contributed by atoms with van der Waals surface area (Å²) >= 11 is 0. The summed E-state index contributed by atoms with van der Waals surface area (Å²) in [6.45, 7) is 11.0. The molecule has 0 atom stereocenters. The largest absolute Gasteiger partial charge is 0.380 e. The Labute approximate surface area is 278 Å². The van der Waals surface area contributed by atoms with Crippen molar-refractivity contribution in [2.24, 2.45) is 4.99 Å². The highest BCUT2D eigenvalue weighted by atomic mass is 16.5. The van der Waals surface area contributed by atoms with Crippen LogP contribution >= 0.6 is 0 Å². The van der Waals surface area contributed by atoms with Crippen molar-refractivity contribution in [2.75, 3.05) is 45.7 Å². The zero-order valence-electron chi connectivity index (χ0n) is 28.9. The molecule has 3 amide bonds. The van der Waals surface area contributed by atoms with E-state index >= 15 is 0 Å². The van der Waals surface area contributed by atoms with Crippen LogP contribution in [0.15, 0.2) is 65.3 Å². The Balaban J connectivity index is 1.43. The molecule has 0 radical (unpaired) electrons. The van der Waals surface area contributed by atoms with Gasteiger partial charge in [-0.1, -0.05) is 58.0 Å². The number of fused-ring (bicyclic) bond motifs is 2. The van der Waals surface area contributed by atoms with E-state index in [0.717, 1.165) is 70.0 Å². The minimum atomic E-state index is 0.0269. The fraction of sp³-hybridized carbons (Fsp3) is 0.410. The topological polar surface area (TPSA) is 81.2 Å². The number of nitrogens with zero attached hydrogens (tertiary/aromatic N) is 4. The Hall–Kier alpha value is -4.43. The van der Waals surface area contributed by atoms with E-state index < -0.39 is 0 Å². The summed E-state index contributed by atoms with van der Waals surface area (Å²) in [5, 5.41) is 1.06. The third-order valence-electron chi connectivity index (χ3n) is 9.67. The van der Waals surface area contributed by atoms with Crippen LogP contribution in [0.2, 0.25) is 0 Å². The number of ether oxygens (including phenoxy) is 1. The molecule has 0 aliphatic carbocycles. The van der Waals surface area contributed by atoms with Gasteiger partial charge in [-0.25, -0.2) is 9.79 Å². The molecule has 0 unspecified atom stereocenters. The molecule has 3 aliphatic rings. The van der Waals surface area contributed by atoms with Gasteiger partial charge in [0.25, 0.3) is 5.91 Å². The number of benzene rings is 2. The van der Waals surface area contributed by atoms with Gasteiger partial charge in [0.15, 0.2) is 0 Å². The molecule has 1 N–H and O–H groups in total. The molecular formula is C39H47N5O3. The maximum atomic E-state index is 14.1. The van der Waals surface area contributed by atoms with Gasteiger partial charge in [-0.3, -0.25) is 4.79 Å². The smallest absolute Gasteiger partial charge is 0.319 e. The Kier molecular flexibility index (Phi) is 8.99. The summed E-state index contributed by atoms with van der Waals surface area (Å²) < 4.78 is 5.83. The van der Waals surface area contributed by atoms with Crippen molar-refractivity contribution in [3.05, 3.63) is 105 Å². The van der Waals surface area contributed by atoms with Crippen molar-refractivity contribution >= 4 is 28.8 Å². The third kappa shape index (κ3) is 6.31. The summed E-state index contributed by atoms with van der Waals surface area (Å²) in [6, 6.07) is 14.8. The minimum Gasteiger partial charge on any atom is -0.380 e. The quantitative estimate of drug-likeness (QED) is 0.365. The van der Waals surface area contributed by atoms with Crippen LogP contribution in [-0.4, -0.2) is 67.6 Å². The van der Waals surface area contributed by atoms with Gasteiger partial charge in [-0.05, 0) is 82.7 Å². The van der Waals surface area contributed by atoms with E-state index in [1.165, 1.54) is 22.3 Å². The number of amides is 3. The fourth-order valence-corrected chi connectivity index (χ4v) is 6.89. The first-order valence-electron chi connectivity index (χ1n) is 16.7. The van der Waals surface area contributed by atoms with Gasteiger partial charge in [0.2, 0.25) is 0 Å². The fourth-order valence-electron chi connectivity index (χ4n) is 6.89. The number of aromatic nitrogens is 1. The molecule has 0 bridgehead atoms. The van der Waals surface area contributed by atoms with Gasteiger partial charge in [0.1, 0.15) is 5.49 Å². The van der Waals surface area contributed by atoms with Crippen LogP contribution in [0.3, 0.4) is 0 Å². The molecule has 0 saturated carbocycles. The average Bonchev–Trinajstić information content (AvgIpc) is 3.40. The van der Waals surface area contributed by atoms with Crippen LogP contribution in [0.25, 0.3) is 11.1 Å². The number of aromatic amines is 1. The normalized spacial score (nSPS) is 16.6. The van der Waals surface area contributed by atoms with Crippen LogP contribution < -0.4 is 15.6 Å². The lowest BCUT2D eigenvalue weighted by Crippen LogP contribution is -2.41. The predicted molar refractivity (Wildman–Crippen MR) is 188 cm³/mol. The van der Waals surface area contributed by atoms with Crippen molar-refractivity contribution in [3.63, 3.8) is 0 Å². The van der Waals surface area contributed by atoms with E-state index in [0.29, 0.717) is 26.2 Å². The molecule has 4 heterocycles. The summed E-state index contributed by atoms with van der Waals surface area (Å²) in [5.74, 6) is 0.0341. The van der Waals surface area contributed by atoms with E-state index in [2.05, 4.69) is 75.2 Å². The molecule has 2 aromatic carbocycles. The Morgan fingerprint density at radius 3 is 2.55 bits per heavy atom. The molecule has 6 rings (SSSR count). The lowest BCUT2D eigenvalue weighted by molar-refractivity contribution is 0.0979. The van der Waals surface area contributed by atoms with E-state index in [1.54, 1.807) is 26.1 Å². The number of hydrogen-bond donors (Lipinski definition) is 1. The van der Waals surface area contributed by atoms with Crippen LogP contribution in [0.4, 0.5) is 10.5 Å². The highest BCUT2D eigenvalue weighted by Crippen LogP contribution is 2.36. The molecule has 0 spiro atoms. The molecule has 3 aliphatic heterocycles. The maximum Gasteiger partial charge on any atom is 0.319 e. The first-order chi connectivity index (χ1) is 22.5. The molecule has 3 aromatic rings. The van der Waals surface area contributed by atoms with Gasteiger partial charge in [-0.2, -0.15) is 0 Å². The van der Waals surface area contributed by atoms with Crippen LogP contribution in [0, 0.1) is 0 Å². The SMILES string of the molecule is CCC1=CN=c2[nH]c(C3=CCN(C(=O)N(C)C)CC3)cc2=C(c2cccc(N3CCc4cc(C(C)(C)C)ccc4C3=O)c2COC)C1. The van der Waals surface area contributed by atoms with Gasteiger partial charge >= 0.3 is 6.03 Å². The van der Waals surface area contributed by atoms with Crippen molar-refractivity contribution in [3.8, 4) is 0 Å². The van der Waals surface area contributed by atoms with Crippen LogP contribution in [0.1, 0.15) is 85.3 Å². The summed E-state index contributed by atoms with van der Waals surface area (Å²) in [6.07, 6.45) is 7.35. The lowest BCUT2D eigenvalue weighted by Gasteiger charge is -2.32. The number of H-pyrrole nitrogens is 1. The van der Waals surface area contributed by atoms with Crippen molar-refractivity contribution < 1.29 is 14.3 Å². The van der Waals surface area contributed by atoms with E-state index in [1.807, 2.05) is 22.1 Å². The molecular weight excluding hydrogens is 586 g/mol. The lowest BCUT2D eigenvalue weighted by atomic mass is 9.83. The predicted octanol–water partition coefficient (Wildman–Crippen LogP) is 5.95. The standard InChI is InChI=1S/C39H47N5O3/c1-8-25-20-31(32-22-34(41-36(32)40-23-25)26-14-17-43(18-15-26)38(46)42(5)6)30-10-9-11-35(33(30)24-47-7)44-19-16-27-21-28(39(2,3)4)12-13-29(27)37(44)45/h9-14,21-23H,8,15-20,24H2,1-7H3,(H,40,41). The molecule has 8 heteroatoms. The average molecular weight is 634 g/mol. The molecule has 47 heavy (non-hydrogen) atoms. The zero-order valence-corrected chi connectivity index (χ0v) is 28.9. The van der Waals surface area contributed by atoms with Crippen LogP contribution in [0.5, 0.6) is 0 Å². The van der Waals surface area contributed by atoms with E-state index in [-0.39, 0.29) is 17.4 Å². The number of carbonyl (C=O) groups is 2. The van der Waals surface area contributed by atoms with E-state index in [9.17, 15) is 9.59 Å². The second-order valence-corrected chi connectivity index (χ2v) is 14.0. The van der Waals surface area contributed by atoms with E-state index in [4.69, 9.17) is 9.73 Å². The number of urea groups is 1. The third-order valence-corrected chi connectivity index (χ3v) is 9.67. The molecule has 1 aromatic heterocycles. The second-order valence-electron chi connectivity index (χ2n) is 14.0. The van der Waals surface area contributed by atoms with Gasteiger partial charge in [0, 0.05) is 69.1 Å². The van der Waals surface area contributed by atoms with Gasteiger partial charge in [0.05, 0.1) is 12.3 Å². The summed E-state index contributed by atoms with van der Waals surface area (Å²) in [5.41, 5.74) is 11.6. The number of nitrogens with one attached hydrogen (secondary N) is 1. The van der Waals surface area contributed by atoms with Crippen LogP contribution in [-0.2, 0) is 23.2 Å². The zero-order chi connectivity index (χ0) is 33.5. The van der Waals surface area contributed by atoms with Gasteiger partial charge in [-0.15, -0.1) is 0 Å². The number of hydrogen-bond acceptors (Lipinski definition) is 4. The first kappa shape index (κ1) is 32.5. The Morgan fingerprint density at radius 2 is 1.87 bits per heavy atom. The molecule has 0 saturated heterocycles. The van der Waals surface area contributed by atoms with Gasteiger partial charge < -0.3 is 24.4 Å². The molecule has 246 valence electrons. The van der Waals surface area contributed by atoms with Crippen molar-refractivity contribution in [1.29, 1.82) is 0 Å². The van der Waals surface area contributed by atoms with Crippen molar-refractivity contribution in [2.45, 2.75) is 65.4 Å². The number of carbonyl (C=O) groups excluding carboxylic acids is 2. The number of anilines is 1. The monoisotopic (exact) mass is 633 g/mol. The minimum absolute atomic E-state index is 0.0269. The number of rotatable bonds is 6. The Bertz CT molecular complexity index is 1910. The van der Waals surface area contributed by atoms with Crippen molar-refractivity contribution in [1.82, 2.24) is 14.8 Å². The number of allylic oxidation sites excluding steroid dienone is 1. The second kappa shape index (κ2) is 13.0. The first-order valence-corrected chi connectivity index (χ1v) is 16.7.